The molecule has 7 heteroatoms. The van der Waals surface area contributed by atoms with E-state index in [0.717, 1.165) is 34.2 Å². The Bertz CT molecular complexity index is 1450. The van der Waals surface area contributed by atoms with Gasteiger partial charge >= 0.3 is 5.97 Å². The van der Waals surface area contributed by atoms with Gasteiger partial charge in [-0.25, -0.2) is 0 Å². The molecule has 4 aromatic carbocycles. The second-order valence-electron chi connectivity index (χ2n) is 9.55. The first kappa shape index (κ1) is 26.5. The zero-order chi connectivity index (χ0) is 27.2. The van der Waals surface area contributed by atoms with E-state index in [0.29, 0.717) is 35.2 Å². The van der Waals surface area contributed by atoms with Gasteiger partial charge in [0.05, 0.1) is 24.6 Å². The zero-order valence-corrected chi connectivity index (χ0v) is 22.8. The fraction of sp³-hybridized carbons (Fsp3) is 0.188. The SMILES string of the molecule is O=C(O)CC(NC(=O)c1cc(Br)ccc1OCC1CC1)c1ccc(-c2ccccc2Oc2ccccc2)cc1. The second kappa shape index (κ2) is 12.2. The first-order valence-electron chi connectivity index (χ1n) is 12.8. The molecule has 1 saturated carbocycles. The van der Waals surface area contributed by atoms with Gasteiger partial charge < -0.3 is 19.9 Å². The van der Waals surface area contributed by atoms with Crippen molar-refractivity contribution in [2.24, 2.45) is 5.92 Å². The topological polar surface area (TPSA) is 84.9 Å². The van der Waals surface area contributed by atoms with E-state index in [2.05, 4.69) is 21.2 Å². The molecule has 1 fully saturated rings. The van der Waals surface area contributed by atoms with Crippen LogP contribution in [0.15, 0.2) is 102 Å². The van der Waals surface area contributed by atoms with Crippen LogP contribution < -0.4 is 14.8 Å². The highest BCUT2D eigenvalue weighted by molar-refractivity contribution is 9.10. The van der Waals surface area contributed by atoms with Crippen LogP contribution in [0.2, 0.25) is 0 Å². The number of amides is 1. The first-order chi connectivity index (χ1) is 19.0. The van der Waals surface area contributed by atoms with E-state index in [1.54, 1.807) is 12.1 Å². The molecule has 0 bridgehead atoms. The Kier molecular flexibility index (Phi) is 8.27. The maximum absolute atomic E-state index is 13.3. The van der Waals surface area contributed by atoms with Crippen molar-refractivity contribution >= 4 is 27.8 Å². The van der Waals surface area contributed by atoms with E-state index in [-0.39, 0.29) is 12.3 Å². The van der Waals surface area contributed by atoms with E-state index in [4.69, 9.17) is 9.47 Å². The molecule has 4 aromatic rings. The number of aliphatic carboxylic acids is 1. The third kappa shape index (κ3) is 7.06. The molecule has 0 radical (unpaired) electrons. The minimum absolute atomic E-state index is 0.259. The fourth-order valence-electron chi connectivity index (χ4n) is 4.27. The number of para-hydroxylation sites is 2. The Labute approximate surface area is 235 Å². The van der Waals surface area contributed by atoms with Crippen LogP contribution >= 0.6 is 15.9 Å². The predicted molar refractivity (Wildman–Crippen MR) is 153 cm³/mol. The lowest BCUT2D eigenvalue weighted by atomic mass is 9.98. The van der Waals surface area contributed by atoms with E-state index in [1.807, 2.05) is 84.9 Å². The Morgan fingerprint density at radius 3 is 2.33 bits per heavy atom. The Morgan fingerprint density at radius 1 is 0.897 bits per heavy atom. The zero-order valence-electron chi connectivity index (χ0n) is 21.2. The second-order valence-corrected chi connectivity index (χ2v) is 10.5. The average Bonchev–Trinajstić information content (AvgIpc) is 3.77. The van der Waals surface area contributed by atoms with Gasteiger partial charge in [-0.05, 0) is 66.3 Å². The summed E-state index contributed by atoms with van der Waals surface area (Å²) >= 11 is 3.43. The van der Waals surface area contributed by atoms with Crippen molar-refractivity contribution in [1.82, 2.24) is 5.32 Å². The highest BCUT2D eigenvalue weighted by Crippen LogP contribution is 2.35. The van der Waals surface area contributed by atoms with Crippen LogP contribution in [0.3, 0.4) is 0 Å². The molecular formula is C32H28BrNO5. The van der Waals surface area contributed by atoms with Crippen molar-refractivity contribution in [3.63, 3.8) is 0 Å². The molecule has 0 aromatic heterocycles. The van der Waals surface area contributed by atoms with Crippen molar-refractivity contribution in [3.8, 4) is 28.4 Å². The molecule has 5 rings (SSSR count). The molecule has 0 aliphatic heterocycles. The molecule has 0 heterocycles. The summed E-state index contributed by atoms with van der Waals surface area (Å²) in [5, 5.41) is 12.5. The lowest BCUT2D eigenvalue weighted by Gasteiger charge is -2.20. The molecule has 1 unspecified atom stereocenters. The van der Waals surface area contributed by atoms with Crippen LogP contribution in [-0.2, 0) is 4.79 Å². The van der Waals surface area contributed by atoms with Crippen LogP contribution in [0.25, 0.3) is 11.1 Å². The third-order valence-electron chi connectivity index (χ3n) is 6.52. The van der Waals surface area contributed by atoms with Crippen molar-refractivity contribution in [2.75, 3.05) is 6.61 Å². The van der Waals surface area contributed by atoms with Crippen LogP contribution in [-0.4, -0.2) is 23.6 Å². The van der Waals surface area contributed by atoms with E-state index >= 15 is 0 Å². The van der Waals surface area contributed by atoms with Crippen molar-refractivity contribution in [1.29, 1.82) is 0 Å². The van der Waals surface area contributed by atoms with Crippen LogP contribution in [0, 0.1) is 5.92 Å². The average molecular weight is 586 g/mol. The van der Waals surface area contributed by atoms with Gasteiger partial charge in [0, 0.05) is 10.0 Å². The maximum atomic E-state index is 13.3. The number of hydrogen-bond donors (Lipinski definition) is 2. The molecule has 2 N–H and O–H groups in total. The van der Waals surface area contributed by atoms with Gasteiger partial charge in [-0.2, -0.15) is 0 Å². The third-order valence-corrected chi connectivity index (χ3v) is 7.02. The van der Waals surface area contributed by atoms with E-state index in [1.165, 1.54) is 0 Å². The molecule has 1 amide bonds. The number of rotatable bonds is 11. The van der Waals surface area contributed by atoms with Gasteiger partial charge in [-0.15, -0.1) is 0 Å². The fourth-order valence-corrected chi connectivity index (χ4v) is 4.63. The normalized spacial score (nSPS) is 13.4. The molecule has 1 atom stereocenters. The molecular weight excluding hydrogens is 558 g/mol. The highest BCUT2D eigenvalue weighted by Gasteiger charge is 2.25. The minimum atomic E-state index is -1.01. The van der Waals surface area contributed by atoms with Crippen LogP contribution in [0.4, 0.5) is 0 Å². The molecule has 39 heavy (non-hydrogen) atoms. The number of carboxylic acids is 1. The van der Waals surface area contributed by atoms with Gasteiger partial charge in [-0.3, -0.25) is 9.59 Å². The molecule has 1 aliphatic rings. The summed E-state index contributed by atoms with van der Waals surface area (Å²) < 4.78 is 12.8. The quantitative estimate of drug-likeness (QED) is 0.189. The lowest BCUT2D eigenvalue weighted by molar-refractivity contribution is -0.137. The number of carbonyl (C=O) groups is 2. The highest BCUT2D eigenvalue weighted by atomic mass is 79.9. The number of hydrogen-bond acceptors (Lipinski definition) is 4. The Morgan fingerprint density at radius 2 is 1.62 bits per heavy atom. The summed E-state index contributed by atoms with van der Waals surface area (Å²) in [6, 6.07) is 29.4. The summed E-state index contributed by atoms with van der Waals surface area (Å²) in [6.45, 7) is 0.567. The molecule has 1 aliphatic carbocycles. The number of benzene rings is 4. The molecule has 198 valence electrons. The Hall–Kier alpha value is -4.10. The van der Waals surface area contributed by atoms with Gasteiger partial charge in [0.1, 0.15) is 17.2 Å². The number of halogens is 1. The van der Waals surface area contributed by atoms with Gasteiger partial charge in [0.15, 0.2) is 0 Å². The smallest absolute Gasteiger partial charge is 0.305 e. The predicted octanol–water partition coefficient (Wildman–Crippen LogP) is 7.64. The van der Waals surface area contributed by atoms with Gasteiger partial charge in [0.25, 0.3) is 5.91 Å². The van der Waals surface area contributed by atoms with Crippen LogP contribution in [0.5, 0.6) is 17.2 Å². The summed E-state index contributed by atoms with van der Waals surface area (Å²) in [6.07, 6.45) is 2.01. The number of carboxylic acid groups (broad SMARTS) is 1. The largest absolute Gasteiger partial charge is 0.492 e. The monoisotopic (exact) mass is 585 g/mol. The first-order valence-corrected chi connectivity index (χ1v) is 13.6. The number of carbonyl (C=O) groups excluding carboxylic acids is 1. The summed E-state index contributed by atoms with van der Waals surface area (Å²) in [4.78, 5) is 25.0. The van der Waals surface area contributed by atoms with Crippen molar-refractivity contribution in [3.05, 3.63) is 113 Å². The minimum Gasteiger partial charge on any atom is -0.492 e. The number of ether oxygens (including phenoxy) is 2. The molecule has 0 spiro atoms. The van der Waals surface area contributed by atoms with E-state index in [9.17, 15) is 14.7 Å². The summed E-state index contributed by atoms with van der Waals surface area (Å²) in [5.74, 6) is 1.07. The maximum Gasteiger partial charge on any atom is 0.305 e. The van der Waals surface area contributed by atoms with Crippen molar-refractivity contribution < 1.29 is 24.2 Å². The van der Waals surface area contributed by atoms with Crippen LogP contribution in [0.1, 0.15) is 41.2 Å². The standard InChI is InChI=1S/C32H28BrNO5/c33-24-16-17-29(38-20-21-10-11-21)27(18-24)32(37)34-28(19-31(35)36)23-14-12-22(13-15-23)26-8-4-5-9-30(26)39-25-6-2-1-3-7-25/h1-9,12-18,21,28H,10-11,19-20H2,(H,34,37)(H,35,36). The van der Waals surface area contributed by atoms with E-state index < -0.39 is 12.0 Å². The van der Waals surface area contributed by atoms with Crippen molar-refractivity contribution in [2.45, 2.75) is 25.3 Å². The Balaban J connectivity index is 1.36. The van der Waals surface area contributed by atoms with Gasteiger partial charge in [0.2, 0.25) is 0 Å². The molecule has 6 nitrogen and oxygen atoms in total. The van der Waals surface area contributed by atoms with Gasteiger partial charge in [-0.1, -0.05) is 76.6 Å². The summed E-state index contributed by atoms with van der Waals surface area (Å²) in [5.41, 5.74) is 2.86. The molecule has 0 saturated heterocycles. The number of nitrogens with one attached hydrogen (secondary N) is 1. The summed E-state index contributed by atoms with van der Waals surface area (Å²) in [7, 11) is 0. The lowest BCUT2D eigenvalue weighted by Crippen LogP contribution is -2.30.